The number of ether oxygens (including phenoxy) is 1. The molecule has 2 heterocycles. The predicted octanol–water partition coefficient (Wildman–Crippen LogP) is 4.39. The molecule has 0 N–H and O–H groups in total. The maximum absolute atomic E-state index is 6.37. The molecule has 2 unspecified atom stereocenters. The van der Waals surface area contributed by atoms with Gasteiger partial charge in [0.15, 0.2) is 0 Å². The molecule has 0 radical (unpaired) electrons. The highest BCUT2D eigenvalue weighted by molar-refractivity contribution is 6.32. The molecule has 120 valence electrons. The topological polar surface area (TPSA) is 9.23 Å². The van der Waals surface area contributed by atoms with Gasteiger partial charge in [0.05, 0.1) is 32.3 Å². The Balaban J connectivity index is 1.96. The fourth-order valence-electron chi connectivity index (χ4n) is 4.48. The van der Waals surface area contributed by atoms with Crippen molar-refractivity contribution >= 4 is 11.6 Å². The third kappa shape index (κ3) is 2.36. The highest BCUT2D eigenvalue weighted by Gasteiger charge is 2.42. The Kier molecular flexibility index (Phi) is 3.62. The van der Waals surface area contributed by atoms with Crippen LogP contribution in [0.3, 0.4) is 0 Å². The van der Waals surface area contributed by atoms with E-state index in [9.17, 15) is 0 Å². The molecule has 2 nitrogen and oxygen atoms in total. The zero-order valence-electron chi connectivity index (χ0n) is 13.8. The molecule has 0 aromatic heterocycles. The van der Waals surface area contributed by atoms with Crippen LogP contribution in [0.25, 0.3) is 0 Å². The fraction of sp³-hybridized carbons (Fsp3) is 0.400. The zero-order valence-corrected chi connectivity index (χ0v) is 14.6. The Morgan fingerprint density at radius 3 is 2.70 bits per heavy atom. The maximum atomic E-state index is 6.37. The van der Waals surface area contributed by atoms with E-state index in [1.807, 2.05) is 0 Å². The molecule has 2 aromatic carbocycles. The van der Waals surface area contributed by atoms with Crippen molar-refractivity contribution in [1.29, 1.82) is 0 Å². The molecule has 2 aromatic rings. The normalized spacial score (nSPS) is 25.8. The molecular formula is C20H23ClNO+. The summed E-state index contributed by atoms with van der Waals surface area (Å²) < 4.78 is 6.60. The second-order valence-corrected chi connectivity index (χ2v) is 7.47. The summed E-state index contributed by atoms with van der Waals surface area (Å²) in [7, 11) is 4.11. The van der Waals surface area contributed by atoms with Crippen molar-refractivity contribution in [1.82, 2.24) is 0 Å². The predicted molar refractivity (Wildman–Crippen MR) is 94.2 cm³/mol. The Labute approximate surface area is 143 Å². The summed E-state index contributed by atoms with van der Waals surface area (Å²) in [5.41, 5.74) is 5.77. The third-order valence-electron chi connectivity index (χ3n) is 5.69. The molecule has 2 atom stereocenters. The van der Waals surface area contributed by atoms with Gasteiger partial charge in [-0.1, -0.05) is 35.9 Å². The summed E-state index contributed by atoms with van der Waals surface area (Å²) in [6.07, 6.45) is 3.53. The van der Waals surface area contributed by atoms with Gasteiger partial charge >= 0.3 is 0 Å². The molecule has 0 aliphatic carbocycles. The number of halogens is 1. The lowest BCUT2D eigenvalue weighted by Crippen LogP contribution is -2.51. The van der Waals surface area contributed by atoms with E-state index in [4.69, 9.17) is 16.3 Å². The first kappa shape index (κ1) is 15.0. The fourth-order valence-corrected chi connectivity index (χ4v) is 4.75. The van der Waals surface area contributed by atoms with E-state index in [1.165, 1.54) is 48.2 Å². The van der Waals surface area contributed by atoms with Gasteiger partial charge in [0.1, 0.15) is 11.8 Å². The number of quaternary nitrogens is 1. The van der Waals surface area contributed by atoms with Gasteiger partial charge in [0.25, 0.3) is 0 Å². The third-order valence-corrected chi connectivity index (χ3v) is 5.98. The van der Waals surface area contributed by atoms with Crippen LogP contribution in [0.1, 0.15) is 34.7 Å². The van der Waals surface area contributed by atoms with Crippen LogP contribution in [-0.2, 0) is 12.8 Å². The number of likely N-dealkylation sites (N-methyl/N-ethyl adjacent to an activating group) is 1. The first-order valence-corrected chi connectivity index (χ1v) is 8.78. The second kappa shape index (κ2) is 5.54. The van der Waals surface area contributed by atoms with Gasteiger partial charge in [0, 0.05) is 24.0 Å². The summed E-state index contributed by atoms with van der Waals surface area (Å²) in [6.45, 7) is 2.40. The number of rotatable bonds is 1. The van der Waals surface area contributed by atoms with Gasteiger partial charge in [-0.3, -0.25) is 0 Å². The molecule has 0 amide bonds. The Bertz CT molecular complexity index is 757. The van der Waals surface area contributed by atoms with E-state index < -0.39 is 0 Å². The number of nitrogens with zero attached hydrogens (tertiary/aromatic N) is 1. The number of methoxy groups -OCH3 is 1. The van der Waals surface area contributed by atoms with E-state index >= 15 is 0 Å². The molecular weight excluding hydrogens is 306 g/mol. The van der Waals surface area contributed by atoms with Crippen molar-refractivity contribution in [3.8, 4) is 5.75 Å². The van der Waals surface area contributed by atoms with Gasteiger partial charge < -0.3 is 9.22 Å². The minimum Gasteiger partial charge on any atom is -0.495 e. The second-order valence-electron chi connectivity index (χ2n) is 7.07. The molecule has 0 fully saturated rings. The molecule has 0 saturated heterocycles. The highest BCUT2D eigenvalue weighted by atomic mass is 35.5. The van der Waals surface area contributed by atoms with Crippen molar-refractivity contribution in [3.63, 3.8) is 0 Å². The monoisotopic (exact) mass is 328 g/mol. The number of aryl methyl sites for hydroxylation is 1. The van der Waals surface area contributed by atoms with Gasteiger partial charge in [-0.25, -0.2) is 0 Å². The smallest absolute Gasteiger partial charge is 0.141 e. The molecule has 0 bridgehead atoms. The van der Waals surface area contributed by atoms with Crippen LogP contribution in [-0.4, -0.2) is 31.7 Å². The van der Waals surface area contributed by atoms with Gasteiger partial charge in [0.2, 0.25) is 0 Å². The van der Waals surface area contributed by atoms with E-state index in [-0.39, 0.29) is 0 Å². The minimum absolute atomic E-state index is 0.392. The molecule has 23 heavy (non-hydrogen) atoms. The van der Waals surface area contributed by atoms with Crippen LogP contribution in [0.15, 0.2) is 36.4 Å². The average molecular weight is 329 g/mol. The van der Waals surface area contributed by atoms with Crippen molar-refractivity contribution in [3.05, 3.63) is 63.7 Å². The van der Waals surface area contributed by atoms with Crippen LogP contribution >= 0.6 is 11.6 Å². The van der Waals surface area contributed by atoms with Crippen molar-refractivity contribution in [2.24, 2.45) is 0 Å². The SMILES string of the molecule is COc1cc2c(cc1Cl)CC[N+]1(C)CCCc3ccccc3C21. The van der Waals surface area contributed by atoms with Crippen molar-refractivity contribution in [2.45, 2.75) is 25.3 Å². The summed E-state index contributed by atoms with van der Waals surface area (Å²) in [6, 6.07) is 13.7. The molecule has 3 heteroatoms. The first-order valence-electron chi connectivity index (χ1n) is 8.41. The largest absolute Gasteiger partial charge is 0.495 e. The van der Waals surface area contributed by atoms with E-state index in [0.717, 1.165) is 21.7 Å². The lowest BCUT2D eigenvalue weighted by atomic mass is 9.85. The van der Waals surface area contributed by atoms with E-state index in [0.29, 0.717) is 6.04 Å². The Morgan fingerprint density at radius 1 is 1.04 bits per heavy atom. The molecule has 2 aliphatic heterocycles. The quantitative estimate of drug-likeness (QED) is 0.706. The van der Waals surface area contributed by atoms with Crippen LogP contribution in [0, 0.1) is 0 Å². The summed E-state index contributed by atoms with van der Waals surface area (Å²) in [5, 5.41) is 0.726. The summed E-state index contributed by atoms with van der Waals surface area (Å²) >= 11 is 6.37. The average Bonchev–Trinajstić information content (AvgIpc) is 2.70. The van der Waals surface area contributed by atoms with E-state index in [1.54, 1.807) is 7.11 Å². The van der Waals surface area contributed by atoms with E-state index in [2.05, 4.69) is 43.4 Å². The summed E-state index contributed by atoms with van der Waals surface area (Å²) in [5.74, 6) is 0.792. The highest BCUT2D eigenvalue weighted by Crippen LogP contribution is 2.45. The van der Waals surface area contributed by atoms with Gasteiger partial charge in [-0.2, -0.15) is 0 Å². The van der Waals surface area contributed by atoms with Crippen LogP contribution < -0.4 is 4.74 Å². The van der Waals surface area contributed by atoms with Crippen LogP contribution in [0.5, 0.6) is 5.75 Å². The van der Waals surface area contributed by atoms with Crippen molar-refractivity contribution in [2.75, 3.05) is 27.2 Å². The van der Waals surface area contributed by atoms with Crippen molar-refractivity contribution < 1.29 is 9.22 Å². The number of benzene rings is 2. The number of hydrogen-bond acceptors (Lipinski definition) is 1. The first-order chi connectivity index (χ1) is 11.1. The summed E-state index contributed by atoms with van der Waals surface area (Å²) in [4.78, 5) is 0. The molecule has 0 saturated carbocycles. The Morgan fingerprint density at radius 2 is 1.87 bits per heavy atom. The minimum atomic E-state index is 0.392. The lowest BCUT2D eigenvalue weighted by molar-refractivity contribution is -0.935. The van der Waals surface area contributed by atoms with Crippen LogP contribution in [0.4, 0.5) is 0 Å². The zero-order chi connectivity index (χ0) is 16.0. The standard InChI is InChI=1S/C20H23ClNO/c1-22-10-5-7-14-6-3-4-8-16(14)20(22)17-13-19(23-2)18(21)12-15(17)9-11-22/h3-4,6,8,12-13,20H,5,7,9-11H2,1-2H3/q+1. The van der Waals surface area contributed by atoms with Gasteiger partial charge in [-0.15, -0.1) is 0 Å². The van der Waals surface area contributed by atoms with Gasteiger partial charge in [-0.05, 0) is 29.7 Å². The Hall–Kier alpha value is -1.51. The number of fused-ring (bicyclic) bond motifs is 5. The number of hydrogen-bond donors (Lipinski definition) is 0. The molecule has 0 spiro atoms. The molecule has 4 rings (SSSR count). The molecule has 2 aliphatic rings. The maximum Gasteiger partial charge on any atom is 0.141 e. The van der Waals surface area contributed by atoms with Crippen LogP contribution in [0.2, 0.25) is 5.02 Å². The lowest BCUT2D eigenvalue weighted by Gasteiger charge is -2.45.